The fraction of sp³-hybridized carbons (Fsp3) is 0.625. The lowest BCUT2D eigenvalue weighted by Crippen LogP contribution is -2.16. The van der Waals surface area contributed by atoms with Crippen LogP contribution in [0, 0.1) is 5.92 Å². The van der Waals surface area contributed by atoms with Crippen LogP contribution in [0.1, 0.15) is 52.5 Å². The van der Waals surface area contributed by atoms with Crippen LogP contribution in [0.3, 0.4) is 0 Å². The molecule has 102 valence electrons. The summed E-state index contributed by atoms with van der Waals surface area (Å²) >= 11 is 0. The normalized spacial score (nSPS) is 14.6. The Morgan fingerprint density at radius 3 is 2.06 bits per heavy atom. The molecule has 0 amide bonds. The average molecular weight is 250 g/mol. The van der Waals surface area contributed by atoms with Gasteiger partial charge in [-0.1, -0.05) is 32.9 Å². The van der Waals surface area contributed by atoms with Crippen LogP contribution >= 0.6 is 0 Å². The van der Waals surface area contributed by atoms with E-state index >= 15 is 0 Å². The second-order valence-electron chi connectivity index (χ2n) is 4.97. The van der Waals surface area contributed by atoms with Gasteiger partial charge in [-0.05, 0) is 49.8 Å². The van der Waals surface area contributed by atoms with E-state index in [4.69, 9.17) is 9.47 Å². The highest BCUT2D eigenvalue weighted by molar-refractivity contribution is 5.29. The molecule has 0 N–H and O–H groups in total. The summed E-state index contributed by atoms with van der Waals surface area (Å²) in [6.07, 6.45) is 0.987. The van der Waals surface area contributed by atoms with Gasteiger partial charge in [-0.25, -0.2) is 0 Å². The standard InChI is InChI=1S/C16H26O2/c1-6-16(12(3)4)14-8-10-15(11-9-14)18-13(5)17-7-2/h8-13,16H,6-7H2,1-5H3. The summed E-state index contributed by atoms with van der Waals surface area (Å²) in [5.41, 5.74) is 1.39. The predicted molar refractivity (Wildman–Crippen MR) is 76.0 cm³/mol. The molecule has 0 aromatic heterocycles. The molecule has 1 aromatic rings. The van der Waals surface area contributed by atoms with Gasteiger partial charge in [-0.15, -0.1) is 0 Å². The van der Waals surface area contributed by atoms with Crippen molar-refractivity contribution in [1.82, 2.24) is 0 Å². The number of hydrogen-bond acceptors (Lipinski definition) is 2. The van der Waals surface area contributed by atoms with Crippen molar-refractivity contribution in [1.29, 1.82) is 0 Å². The van der Waals surface area contributed by atoms with Crippen LogP contribution in [-0.2, 0) is 4.74 Å². The maximum Gasteiger partial charge on any atom is 0.196 e. The molecule has 0 saturated carbocycles. The third kappa shape index (κ3) is 4.34. The van der Waals surface area contributed by atoms with Gasteiger partial charge in [-0.3, -0.25) is 0 Å². The van der Waals surface area contributed by atoms with E-state index in [1.807, 2.05) is 26.0 Å². The molecule has 18 heavy (non-hydrogen) atoms. The summed E-state index contributed by atoms with van der Waals surface area (Å²) in [4.78, 5) is 0. The van der Waals surface area contributed by atoms with Gasteiger partial charge in [0.05, 0.1) is 0 Å². The topological polar surface area (TPSA) is 18.5 Å². The van der Waals surface area contributed by atoms with Gasteiger partial charge in [-0.2, -0.15) is 0 Å². The third-order valence-electron chi connectivity index (χ3n) is 3.26. The lowest BCUT2D eigenvalue weighted by Gasteiger charge is -2.20. The van der Waals surface area contributed by atoms with E-state index in [0.29, 0.717) is 18.4 Å². The maximum absolute atomic E-state index is 5.66. The van der Waals surface area contributed by atoms with Gasteiger partial charge in [0, 0.05) is 6.61 Å². The van der Waals surface area contributed by atoms with Crippen molar-refractivity contribution in [3.63, 3.8) is 0 Å². The first-order valence-electron chi connectivity index (χ1n) is 6.96. The first-order valence-corrected chi connectivity index (χ1v) is 6.96. The predicted octanol–water partition coefficient (Wildman–Crippen LogP) is 4.60. The maximum atomic E-state index is 5.66. The summed E-state index contributed by atoms with van der Waals surface area (Å²) in [5, 5.41) is 0. The van der Waals surface area contributed by atoms with E-state index in [-0.39, 0.29) is 6.29 Å². The van der Waals surface area contributed by atoms with Crippen molar-refractivity contribution < 1.29 is 9.47 Å². The Balaban J connectivity index is 2.67. The minimum absolute atomic E-state index is 0.187. The highest BCUT2D eigenvalue weighted by Gasteiger charge is 2.13. The molecule has 1 aromatic carbocycles. The Bertz CT molecular complexity index is 329. The Hall–Kier alpha value is -1.02. The lowest BCUT2D eigenvalue weighted by atomic mass is 9.86. The van der Waals surface area contributed by atoms with Crippen LogP contribution in [0.5, 0.6) is 5.75 Å². The van der Waals surface area contributed by atoms with Crippen molar-refractivity contribution in [2.75, 3.05) is 6.61 Å². The average Bonchev–Trinajstić information content (AvgIpc) is 2.32. The molecule has 0 aliphatic carbocycles. The zero-order valence-electron chi connectivity index (χ0n) is 12.3. The van der Waals surface area contributed by atoms with Gasteiger partial charge in [0.1, 0.15) is 5.75 Å². The SMILES string of the molecule is CCOC(C)Oc1ccc(C(CC)C(C)C)cc1. The van der Waals surface area contributed by atoms with Crippen LogP contribution < -0.4 is 4.74 Å². The molecule has 2 unspecified atom stereocenters. The fourth-order valence-electron chi connectivity index (χ4n) is 2.35. The molecule has 0 heterocycles. The molecule has 2 heteroatoms. The fourth-order valence-corrected chi connectivity index (χ4v) is 2.35. The number of ether oxygens (including phenoxy) is 2. The molecule has 1 rings (SSSR count). The summed E-state index contributed by atoms with van der Waals surface area (Å²) in [6.45, 7) is 11.3. The van der Waals surface area contributed by atoms with E-state index in [9.17, 15) is 0 Å². The van der Waals surface area contributed by atoms with Gasteiger partial charge in [0.2, 0.25) is 0 Å². The van der Waals surface area contributed by atoms with E-state index < -0.39 is 0 Å². The minimum atomic E-state index is -0.187. The molecule has 0 fully saturated rings. The van der Waals surface area contributed by atoms with E-state index in [0.717, 1.165) is 5.75 Å². The summed E-state index contributed by atoms with van der Waals surface area (Å²) in [7, 11) is 0. The number of rotatable bonds is 7. The van der Waals surface area contributed by atoms with Crippen molar-refractivity contribution in [2.45, 2.75) is 53.2 Å². The van der Waals surface area contributed by atoms with Crippen molar-refractivity contribution in [2.24, 2.45) is 5.92 Å². The van der Waals surface area contributed by atoms with Crippen molar-refractivity contribution >= 4 is 0 Å². The second-order valence-corrected chi connectivity index (χ2v) is 4.97. The van der Waals surface area contributed by atoms with Gasteiger partial charge in [0.15, 0.2) is 6.29 Å². The smallest absolute Gasteiger partial charge is 0.196 e. The third-order valence-corrected chi connectivity index (χ3v) is 3.26. The van der Waals surface area contributed by atoms with Gasteiger partial charge >= 0.3 is 0 Å². The highest BCUT2D eigenvalue weighted by atomic mass is 16.7. The quantitative estimate of drug-likeness (QED) is 0.658. The Morgan fingerprint density at radius 1 is 1.00 bits per heavy atom. The number of hydrogen-bond donors (Lipinski definition) is 0. The van der Waals surface area contributed by atoms with Crippen molar-refractivity contribution in [3.05, 3.63) is 29.8 Å². The summed E-state index contributed by atoms with van der Waals surface area (Å²) < 4.78 is 11.0. The lowest BCUT2D eigenvalue weighted by molar-refractivity contribution is -0.0613. The monoisotopic (exact) mass is 250 g/mol. The highest BCUT2D eigenvalue weighted by Crippen LogP contribution is 2.29. The summed E-state index contributed by atoms with van der Waals surface area (Å²) in [5.74, 6) is 2.17. The molecule has 0 saturated heterocycles. The Labute approximate surface area is 111 Å². The van der Waals surface area contributed by atoms with Crippen LogP contribution in [0.4, 0.5) is 0 Å². The van der Waals surface area contributed by atoms with Gasteiger partial charge < -0.3 is 9.47 Å². The molecule has 0 radical (unpaired) electrons. The van der Waals surface area contributed by atoms with E-state index in [1.54, 1.807) is 0 Å². The summed E-state index contributed by atoms with van der Waals surface area (Å²) in [6, 6.07) is 8.41. The van der Waals surface area contributed by atoms with Crippen LogP contribution in [-0.4, -0.2) is 12.9 Å². The molecule has 0 aliphatic rings. The van der Waals surface area contributed by atoms with Crippen LogP contribution in [0.15, 0.2) is 24.3 Å². The molecule has 0 bridgehead atoms. The van der Waals surface area contributed by atoms with E-state index in [1.165, 1.54) is 12.0 Å². The zero-order chi connectivity index (χ0) is 13.5. The van der Waals surface area contributed by atoms with E-state index in [2.05, 4.69) is 32.9 Å². The Kier molecular flexibility index (Phi) is 6.20. The van der Waals surface area contributed by atoms with Crippen molar-refractivity contribution in [3.8, 4) is 5.75 Å². The van der Waals surface area contributed by atoms with Crippen LogP contribution in [0.2, 0.25) is 0 Å². The first kappa shape index (κ1) is 15.0. The first-order chi connectivity index (χ1) is 8.58. The number of benzene rings is 1. The van der Waals surface area contributed by atoms with Gasteiger partial charge in [0.25, 0.3) is 0 Å². The molecule has 0 spiro atoms. The second kappa shape index (κ2) is 7.42. The Morgan fingerprint density at radius 2 is 1.61 bits per heavy atom. The molecular weight excluding hydrogens is 224 g/mol. The van der Waals surface area contributed by atoms with Crippen LogP contribution in [0.25, 0.3) is 0 Å². The molecular formula is C16H26O2. The molecule has 2 nitrogen and oxygen atoms in total. The molecule has 2 atom stereocenters. The zero-order valence-corrected chi connectivity index (χ0v) is 12.3. The molecule has 0 aliphatic heterocycles. The largest absolute Gasteiger partial charge is 0.465 e. The minimum Gasteiger partial charge on any atom is -0.465 e.